The monoisotopic (exact) mass is 425 g/mol. The van der Waals surface area contributed by atoms with Gasteiger partial charge in [0.1, 0.15) is 0 Å². The van der Waals surface area contributed by atoms with Crippen molar-refractivity contribution in [1.82, 2.24) is 13.5 Å². The number of urea groups is 1. The van der Waals surface area contributed by atoms with Crippen molar-refractivity contribution in [3.8, 4) is 0 Å². The molecule has 1 aromatic carbocycles. The highest BCUT2D eigenvalue weighted by Gasteiger charge is 2.34. The van der Waals surface area contributed by atoms with Crippen molar-refractivity contribution in [1.29, 1.82) is 0 Å². The summed E-state index contributed by atoms with van der Waals surface area (Å²) in [4.78, 5) is 25.5. The van der Waals surface area contributed by atoms with Crippen molar-refractivity contribution < 1.29 is 22.7 Å². The van der Waals surface area contributed by atoms with Crippen LogP contribution < -0.4 is 10.6 Å². The SMILES string of the molecule is CC(=O)Nc1ccc(C)c(NC(=O)N2CCN(S(=O)(=O)N3CCOCC3)CC2)c1. The number of carbonyl (C=O) groups is 2. The Morgan fingerprint density at radius 1 is 0.966 bits per heavy atom. The molecule has 11 heteroatoms. The van der Waals surface area contributed by atoms with Crippen LogP contribution in [0.1, 0.15) is 12.5 Å². The molecule has 3 rings (SSSR count). The number of nitrogens with one attached hydrogen (secondary N) is 2. The molecule has 2 heterocycles. The van der Waals surface area contributed by atoms with Crippen LogP contribution in [0.2, 0.25) is 0 Å². The Balaban J connectivity index is 1.58. The van der Waals surface area contributed by atoms with Crippen LogP contribution in [0.25, 0.3) is 0 Å². The van der Waals surface area contributed by atoms with Gasteiger partial charge in [-0.3, -0.25) is 4.79 Å². The molecule has 1 aromatic rings. The van der Waals surface area contributed by atoms with Crippen molar-refractivity contribution in [2.45, 2.75) is 13.8 Å². The van der Waals surface area contributed by atoms with Gasteiger partial charge in [0.05, 0.1) is 13.2 Å². The van der Waals surface area contributed by atoms with Crippen molar-refractivity contribution >= 4 is 33.5 Å². The molecule has 2 saturated heterocycles. The summed E-state index contributed by atoms with van der Waals surface area (Å²) in [5.41, 5.74) is 2.06. The molecular formula is C18H27N5O5S. The first-order valence-corrected chi connectivity index (χ1v) is 10.9. The van der Waals surface area contributed by atoms with E-state index in [4.69, 9.17) is 4.74 Å². The van der Waals surface area contributed by atoms with E-state index in [0.717, 1.165) is 5.56 Å². The molecule has 0 atom stereocenters. The van der Waals surface area contributed by atoms with Crippen molar-refractivity contribution in [2.24, 2.45) is 0 Å². The van der Waals surface area contributed by atoms with Crippen LogP contribution >= 0.6 is 0 Å². The van der Waals surface area contributed by atoms with Crippen LogP contribution in [-0.2, 0) is 19.7 Å². The summed E-state index contributed by atoms with van der Waals surface area (Å²) < 4.78 is 33.5. The van der Waals surface area contributed by atoms with Crippen LogP contribution in [0.3, 0.4) is 0 Å². The van der Waals surface area contributed by atoms with E-state index in [9.17, 15) is 18.0 Å². The summed E-state index contributed by atoms with van der Waals surface area (Å²) in [6, 6.07) is 4.99. The van der Waals surface area contributed by atoms with Gasteiger partial charge in [0.15, 0.2) is 0 Å². The third-order valence-corrected chi connectivity index (χ3v) is 6.98. The molecule has 0 aliphatic carbocycles. The molecule has 0 aromatic heterocycles. The lowest BCUT2D eigenvalue weighted by atomic mass is 10.2. The Labute approximate surface area is 171 Å². The number of ether oxygens (including phenoxy) is 1. The van der Waals surface area contributed by atoms with E-state index >= 15 is 0 Å². The van der Waals surface area contributed by atoms with Gasteiger partial charge in [-0.25, -0.2) is 4.79 Å². The van der Waals surface area contributed by atoms with Gasteiger partial charge in [-0.2, -0.15) is 17.0 Å². The summed E-state index contributed by atoms with van der Waals surface area (Å²) in [7, 11) is -3.53. The standard InChI is InChI=1S/C18H27N5O5S/c1-14-3-4-16(19-15(2)24)13-17(14)20-18(25)21-5-7-22(8-6-21)29(26,27)23-9-11-28-12-10-23/h3-4,13H,5-12H2,1-2H3,(H,19,24)(H,20,25). The second kappa shape index (κ2) is 9.08. The molecule has 0 bridgehead atoms. The second-order valence-electron chi connectivity index (χ2n) is 7.05. The van der Waals surface area contributed by atoms with Gasteiger partial charge >= 0.3 is 6.03 Å². The van der Waals surface area contributed by atoms with Crippen LogP contribution in [0.4, 0.5) is 16.2 Å². The van der Waals surface area contributed by atoms with Crippen LogP contribution in [0.5, 0.6) is 0 Å². The lowest BCUT2D eigenvalue weighted by Crippen LogP contribution is -2.56. The number of morpholine rings is 1. The summed E-state index contributed by atoms with van der Waals surface area (Å²) in [5, 5.41) is 5.54. The average molecular weight is 426 g/mol. The highest BCUT2D eigenvalue weighted by atomic mass is 32.2. The van der Waals surface area contributed by atoms with Gasteiger partial charge in [0.2, 0.25) is 5.91 Å². The Hall–Kier alpha value is -2.21. The van der Waals surface area contributed by atoms with E-state index in [1.54, 1.807) is 17.0 Å². The number of anilines is 2. The van der Waals surface area contributed by atoms with Crippen LogP contribution in [0.15, 0.2) is 18.2 Å². The van der Waals surface area contributed by atoms with Crippen molar-refractivity contribution in [2.75, 3.05) is 63.1 Å². The maximum atomic E-state index is 12.7. The van der Waals surface area contributed by atoms with Gasteiger partial charge in [0, 0.05) is 57.6 Å². The third kappa shape index (κ3) is 5.24. The van der Waals surface area contributed by atoms with Crippen molar-refractivity contribution in [3.05, 3.63) is 23.8 Å². The number of benzene rings is 1. The fraction of sp³-hybridized carbons (Fsp3) is 0.556. The number of carbonyl (C=O) groups excluding carboxylic acids is 2. The maximum Gasteiger partial charge on any atom is 0.321 e. The molecule has 0 unspecified atom stereocenters. The maximum absolute atomic E-state index is 12.7. The number of aryl methyl sites for hydroxylation is 1. The van der Waals surface area contributed by atoms with E-state index in [0.29, 0.717) is 50.8 Å². The Kier molecular flexibility index (Phi) is 6.73. The van der Waals surface area contributed by atoms with E-state index in [-0.39, 0.29) is 25.0 Å². The molecule has 3 amide bonds. The fourth-order valence-corrected chi connectivity index (χ4v) is 4.86. The summed E-state index contributed by atoms with van der Waals surface area (Å²) in [5.74, 6) is -0.191. The van der Waals surface area contributed by atoms with E-state index in [1.165, 1.54) is 15.5 Å². The molecule has 2 aliphatic rings. The zero-order valence-electron chi connectivity index (χ0n) is 16.7. The van der Waals surface area contributed by atoms with Gasteiger partial charge in [-0.1, -0.05) is 6.07 Å². The number of nitrogens with zero attached hydrogens (tertiary/aromatic N) is 3. The zero-order chi connectivity index (χ0) is 21.0. The van der Waals surface area contributed by atoms with Gasteiger partial charge < -0.3 is 20.3 Å². The van der Waals surface area contributed by atoms with Crippen LogP contribution in [-0.4, -0.2) is 86.3 Å². The molecule has 2 N–H and O–H groups in total. The third-order valence-electron chi connectivity index (χ3n) is 4.95. The number of hydrogen-bond acceptors (Lipinski definition) is 5. The van der Waals surface area contributed by atoms with Crippen molar-refractivity contribution in [3.63, 3.8) is 0 Å². The molecular weight excluding hydrogens is 398 g/mol. The van der Waals surface area contributed by atoms with E-state index in [2.05, 4.69) is 10.6 Å². The molecule has 0 radical (unpaired) electrons. The lowest BCUT2D eigenvalue weighted by molar-refractivity contribution is -0.114. The molecule has 0 saturated carbocycles. The normalized spacial score (nSPS) is 19.0. The number of rotatable bonds is 4. The number of amides is 3. The summed E-state index contributed by atoms with van der Waals surface area (Å²) in [6.07, 6.45) is 0. The summed E-state index contributed by atoms with van der Waals surface area (Å²) in [6.45, 7) is 5.90. The summed E-state index contributed by atoms with van der Waals surface area (Å²) >= 11 is 0. The first kappa shape index (κ1) is 21.5. The second-order valence-corrected chi connectivity index (χ2v) is 8.97. The van der Waals surface area contributed by atoms with Gasteiger partial charge in [0.25, 0.3) is 10.2 Å². The lowest BCUT2D eigenvalue weighted by Gasteiger charge is -2.37. The van der Waals surface area contributed by atoms with Gasteiger partial charge in [-0.15, -0.1) is 0 Å². The Morgan fingerprint density at radius 2 is 1.59 bits per heavy atom. The van der Waals surface area contributed by atoms with E-state index in [1.807, 2.05) is 13.0 Å². The van der Waals surface area contributed by atoms with Crippen LogP contribution in [0, 0.1) is 6.92 Å². The largest absolute Gasteiger partial charge is 0.379 e. The highest BCUT2D eigenvalue weighted by molar-refractivity contribution is 7.86. The first-order chi connectivity index (χ1) is 13.8. The van der Waals surface area contributed by atoms with E-state index < -0.39 is 10.2 Å². The predicted octanol–water partition coefficient (Wildman–Crippen LogP) is 0.680. The minimum Gasteiger partial charge on any atom is -0.379 e. The minimum absolute atomic E-state index is 0.191. The highest BCUT2D eigenvalue weighted by Crippen LogP contribution is 2.21. The molecule has 29 heavy (non-hydrogen) atoms. The number of hydrogen-bond donors (Lipinski definition) is 2. The Bertz CT molecular complexity index is 861. The smallest absolute Gasteiger partial charge is 0.321 e. The topological polar surface area (TPSA) is 111 Å². The molecule has 2 aliphatic heterocycles. The molecule has 10 nitrogen and oxygen atoms in total. The number of piperazine rings is 1. The molecule has 160 valence electrons. The molecule has 2 fully saturated rings. The minimum atomic E-state index is -3.53. The zero-order valence-corrected chi connectivity index (χ0v) is 17.5. The fourth-order valence-electron chi connectivity index (χ4n) is 3.29. The van der Waals surface area contributed by atoms with Gasteiger partial charge in [-0.05, 0) is 24.6 Å². The molecule has 0 spiro atoms. The first-order valence-electron chi connectivity index (χ1n) is 9.54. The predicted molar refractivity (Wildman–Crippen MR) is 109 cm³/mol. The quantitative estimate of drug-likeness (QED) is 0.737. The Morgan fingerprint density at radius 3 is 2.21 bits per heavy atom. The average Bonchev–Trinajstić information content (AvgIpc) is 2.71.